The smallest absolute Gasteiger partial charge is 0.319 e. The largest absolute Gasteiger partial charge is 0.459 e. The summed E-state index contributed by atoms with van der Waals surface area (Å²) in [5.74, 6) is -1.30. The van der Waals surface area contributed by atoms with Gasteiger partial charge < -0.3 is 10.1 Å². The van der Waals surface area contributed by atoms with Crippen LogP contribution < -0.4 is 5.32 Å². The van der Waals surface area contributed by atoms with Crippen molar-refractivity contribution in [2.45, 2.75) is 49.9 Å². The first-order valence-corrected chi connectivity index (χ1v) is 10.5. The van der Waals surface area contributed by atoms with Crippen LogP contribution in [-0.2, 0) is 9.53 Å². The molecule has 0 spiro atoms. The Morgan fingerprint density at radius 2 is 1.86 bits per heavy atom. The molecule has 2 aromatic rings. The first-order chi connectivity index (χ1) is 13.1. The van der Waals surface area contributed by atoms with Gasteiger partial charge >= 0.3 is 5.97 Å². The molecule has 0 aliphatic rings. The SMILES string of the molecule is CCC(Sc1cc(NC(=O)c2ccccc2)c(F)cc1Br)C(=O)OC(C)(C)C. The highest BCUT2D eigenvalue weighted by Gasteiger charge is 2.26. The van der Waals surface area contributed by atoms with Crippen LogP contribution in [0.2, 0.25) is 0 Å². The Balaban J connectivity index is 2.22. The van der Waals surface area contributed by atoms with Gasteiger partial charge in [-0.1, -0.05) is 25.1 Å². The lowest BCUT2D eigenvalue weighted by atomic mass is 10.2. The van der Waals surface area contributed by atoms with Crippen molar-refractivity contribution in [1.82, 2.24) is 0 Å². The summed E-state index contributed by atoms with van der Waals surface area (Å²) in [5, 5.41) is 2.14. The van der Waals surface area contributed by atoms with Crippen molar-refractivity contribution >= 4 is 45.3 Å². The summed E-state index contributed by atoms with van der Waals surface area (Å²) in [6.45, 7) is 7.32. The molecule has 2 rings (SSSR count). The lowest BCUT2D eigenvalue weighted by Gasteiger charge is -2.23. The molecule has 0 bridgehead atoms. The van der Waals surface area contributed by atoms with E-state index in [1.54, 1.807) is 30.3 Å². The molecule has 0 saturated carbocycles. The monoisotopic (exact) mass is 467 g/mol. The summed E-state index contributed by atoms with van der Waals surface area (Å²) in [5.41, 5.74) is -0.0993. The van der Waals surface area contributed by atoms with E-state index in [9.17, 15) is 14.0 Å². The summed E-state index contributed by atoms with van der Waals surface area (Å²) < 4.78 is 20.3. The van der Waals surface area contributed by atoms with Crippen LogP contribution in [0.1, 0.15) is 44.5 Å². The molecule has 1 unspecified atom stereocenters. The Bertz CT molecular complexity index is 853. The van der Waals surface area contributed by atoms with Gasteiger partial charge in [0.05, 0.1) is 5.69 Å². The number of hydrogen-bond donors (Lipinski definition) is 1. The third kappa shape index (κ3) is 6.34. The van der Waals surface area contributed by atoms with Crippen molar-refractivity contribution in [3.8, 4) is 0 Å². The van der Waals surface area contributed by atoms with Crippen LogP contribution in [0.15, 0.2) is 51.8 Å². The van der Waals surface area contributed by atoms with Gasteiger partial charge in [0.1, 0.15) is 16.7 Å². The topological polar surface area (TPSA) is 55.4 Å². The molecule has 7 heteroatoms. The molecule has 0 aliphatic heterocycles. The van der Waals surface area contributed by atoms with Crippen molar-refractivity contribution in [2.75, 3.05) is 5.32 Å². The Kier molecular flexibility index (Phi) is 7.66. The van der Waals surface area contributed by atoms with Crippen molar-refractivity contribution < 1.29 is 18.7 Å². The van der Waals surface area contributed by atoms with E-state index in [2.05, 4.69) is 21.2 Å². The standard InChI is InChI=1S/C21H23BrFNO3S/c1-5-17(20(26)27-21(2,3)4)28-18-12-16(15(23)11-14(18)22)24-19(25)13-9-7-6-8-10-13/h6-12,17H,5H2,1-4H3,(H,24,25). The highest BCUT2D eigenvalue weighted by Crippen LogP contribution is 2.36. The van der Waals surface area contributed by atoms with Gasteiger partial charge in [-0.25, -0.2) is 4.39 Å². The van der Waals surface area contributed by atoms with E-state index in [1.807, 2.05) is 27.7 Å². The third-order valence-electron chi connectivity index (χ3n) is 3.62. The van der Waals surface area contributed by atoms with Gasteiger partial charge in [0, 0.05) is 14.9 Å². The maximum absolute atomic E-state index is 14.4. The normalized spacial score (nSPS) is 12.4. The van der Waals surface area contributed by atoms with Gasteiger partial charge in [-0.15, -0.1) is 11.8 Å². The molecule has 150 valence electrons. The molecular weight excluding hydrogens is 445 g/mol. The Hall–Kier alpha value is -1.86. The number of amides is 1. The number of thioether (sulfide) groups is 1. The molecule has 0 radical (unpaired) electrons. The number of carbonyl (C=O) groups is 2. The number of halogens is 2. The lowest BCUT2D eigenvalue weighted by Crippen LogP contribution is -2.30. The van der Waals surface area contributed by atoms with Crippen LogP contribution in [0.25, 0.3) is 0 Å². The van der Waals surface area contributed by atoms with Crippen LogP contribution in [0.3, 0.4) is 0 Å². The fourth-order valence-corrected chi connectivity index (χ4v) is 3.89. The minimum Gasteiger partial charge on any atom is -0.459 e. The van der Waals surface area contributed by atoms with E-state index in [0.29, 0.717) is 21.4 Å². The lowest BCUT2D eigenvalue weighted by molar-refractivity contribution is -0.154. The fourth-order valence-electron chi connectivity index (χ4n) is 2.32. The van der Waals surface area contributed by atoms with Crippen molar-refractivity contribution in [3.05, 3.63) is 58.3 Å². The third-order valence-corrected chi connectivity index (χ3v) is 5.94. The van der Waals surface area contributed by atoms with Crippen molar-refractivity contribution in [3.63, 3.8) is 0 Å². The van der Waals surface area contributed by atoms with Crippen LogP contribution in [0.4, 0.5) is 10.1 Å². The molecule has 28 heavy (non-hydrogen) atoms. The number of ether oxygens (including phenoxy) is 1. The molecule has 0 heterocycles. The van der Waals surface area contributed by atoms with Gasteiger partial charge in [0.25, 0.3) is 5.91 Å². The first-order valence-electron chi connectivity index (χ1n) is 8.85. The van der Waals surface area contributed by atoms with Gasteiger partial charge in [0.2, 0.25) is 0 Å². The highest BCUT2D eigenvalue weighted by molar-refractivity contribution is 9.10. The average molecular weight is 468 g/mol. The Morgan fingerprint density at radius 1 is 1.21 bits per heavy atom. The summed E-state index contributed by atoms with van der Waals surface area (Å²) >= 11 is 4.61. The summed E-state index contributed by atoms with van der Waals surface area (Å²) in [6.07, 6.45) is 0.551. The maximum Gasteiger partial charge on any atom is 0.319 e. The molecule has 0 fully saturated rings. The number of carbonyl (C=O) groups excluding carboxylic acids is 2. The molecular formula is C21H23BrFNO3S. The minimum atomic E-state index is -0.583. The van der Waals surface area contributed by atoms with Crippen molar-refractivity contribution in [2.24, 2.45) is 0 Å². The first kappa shape index (κ1) is 22.4. The molecule has 1 N–H and O–H groups in total. The second-order valence-corrected chi connectivity index (χ2v) is 9.23. The number of nitrogens with one attached hydrogen (secondary N) is 1. The van der Waals surface area contributed by atoms with Crippen molar-refractivity contribution in [1.29, 1.82) is 0 Å². The molecule has 1 atom stereocenters. The zero-order chi connectivity index (χ0) is 20.9. The van der Waals surface area contributed by atoms with Crippen LogP contribution in [0, 0.1) is 5.82 Å². The number of benzene rings is 2. The fraction of sp³-hybridized carbons (Fsp3) is 0.333. The van der Waals surface area contributed by atoms with Crippen LogP contribution in [0.5, 0.6) is 0 Å². The number of esters is 1. The molecule has 4 nitrogen and oxygen atoms in total. The quantitative estimate of drug-likeness (QED) is 0.414. The second-order valence-electron chi connectivity index (χ2n) is 7.13. The van der Waals surface area contributed by atoms with E-state index in [0.717, 1.165) is 0 Å². The maximum atomic E-state index is 14.4. The van der Waals surface area contributed by atoms with Gasteiger partial charge in [-0.3, -0.25) is 9.59 Å². The van der Waals surface area contributed by atoms with Gasteiger partial charge in [-0.05, 0) is 67.4 Å². The Labute approximate surface area is 177 Å². The van der Waals surface area contributed by atoms with E-state index < -0.39 is 22.6 Å². The number of rotatable bonds is 6. The van der Waals surface area contributed by atoms with E-state index in [4.69, 9.17) is 4.74 Å². The number of anilines is 1. The average Bonchev–Trinajstić information content (AvgIpc) is 2.62. The molecule has 2 aromatic carbocycles. The zero-order valence-corrected chi connectivity index (χ0v) is 18.6. The molecule has 0 aromatic heterocycles. The van der Waals surface area contributed by atoms with E-state index in [1.165, 1.54) is 23.9 Å². The van der Waals surface area contributed by atoms with Crippen LogP contribution in [-0.4, -0.2) is 22.7 Å². The highest BCUT2D eigenvalue weighted by atomic mass is 79.9. The molecule has 1 amide bonds. The number of hydrogen-bond acceptors (Lipinski definition) is 4. The summed E-state index contributed by atoms with van der Waals surface area (Å²) in [7, 11) is 0. The zero-order valence-electron chi connectivity index (χ0n) is 16.2. The van der Waals surface area contributed by atoms with E-state index >= 15 is 0 Å². The summed E-state index contributed by atoms with van der Waals surface area (Å²) in [6, 6.07) is 11.4. The van der Waals surface area contributed by atoms with Gasteiger partial charge in [0.15, 0.2) is 0 Å². The van der Waals surface area contributed by atoms with E-state index in [-0.39, 0.29) is 11.7 Å². The second kappa shape index (κ2) is 9.56. The van der Waals surface area contributed by atoms with Gasteiger partial charge in [-0.2, -0.15) is 0 Å². The molecule has 0 aliphatic carbocycles. The summed E-state index contributed by atoms with van der Waals surface area (Å²) in [4.78, 5) is 25.4. The minimum absolute atomic E-state index is 0.0543. The molecule has 0 saturated heterocycles. The predicted octanol–water partition coefficient (Wildman–Crippen LogP) is 6.05. The van der Waals surface area contributed by atoms with Crippen LogP contribution >= 0.6 is 27.7 Å². The Morgan fingerprint density at radius 3 is 2.43 bits per heavy atom. The predicted molar refractivity (Wildman–Crippen MR) is 114 cm³/mol.